The lowest BCUT2D eigenvalue weighted by atomic mass is 10.2. The van der Waals surface area contributed by atoms with E-state index >= 15 is 0 Å². The SMILES string of the molecule is Cn1cc2c(n1)C(=O)N(COCCS(C)(C)C)CCCCOc1cc(ccn1)-c1nc(cn1COCCS(C)(C)C)C(=O)N2. The zero-order valence-electron chi connectivity index (χ0n) is 27.0. The smallest absolute Gasteiger partial charge is 0.278 e. The molecule has 1 aliphatic rings. The van der Waals surface area contributed by atoms with Crippen LogP contribution < -0.4 is 10.1 Å². The highest BCUT2D eigenvalue weighted by atomic mass is 32.3. The zero-order valence-corrected chi connectivity index (χ0v) is 28.6. The van der Waals surface area contributed by atoms with Crippen molar-refractivity contribution in [1.82, 2.24) is 29.2 Å². The van der Waals surface area contributed by atoms with Crippen LogP contribution >= 0.6 is 20.1 Å². The first kappa shape index (κ1) is 33.8. The fourth-order valence-corrected chi connectivity index (χ4v) is 5.55. The van der Waals surface area contributed by atoms with E-state index in [0.29, 0.717) is 56.6 Å². The quantitative estimate of drug-likeness (QED) is 0.328. The number of carbonyl (C=O) groups is 2. The summed E-state index contributed by atoms with van der Waals surface area (Å²) in [5, 5.41) is 7.28. The summed E-state index contributed by atoms with van der Waals surface area (Å²) in [6, 6.07) is 3.65. The van der Waals surface area contributed by atoms with Gasteiger partial charge in [-0.05, 0) is 56.4 Å². The molecule has 4 bridgehead atoms. The predicted octanol–water partition coefficient (Wildman–Crippen LogP) is 3.88. The second kappa shape index (κ2) is 14.8. The summed E-state index contributed by atoms with van der Waals surface area (Å²) in [7, 11) is 0.284. The zero-order chi connectivity index (χ0) is 31.9. The van der Waals surface area contributed by atoms with Gasteiger partial charge in [-0.2, -0.15) is 5.10 Å². The maximum absolute atomic E-state index is 13.8. The molecule has 12 nitrogen and oxygen atoms in total. The molecule has 1 N–H and O–H groups in total. The number of ether oxygens (including phenoxy) is 3. The van der Waals surface area contributed by atoms with E-state index in [1.165, 1.54) is 4.68 Å². The van der Waals surface area contributed by atoms with Crippen LogP contribution in [0, 0.1) is 0 Å². The van der Waals surface area contributed by atoms with Crippen molar-refractivity contribution in [2.24, 2.45) is 7.05 Å². The number of aromatic nitrogens is 5. The molecule has 2 amide bonds. The van der Waals surface area contributed by atoms with E-state index < -0.39 is 26.0 Å². The second-order valence-electron chi connectivity index (χ2n) is 12.6. The van der Waals surface area contributed by atoms with Crippen molar-refractivity contribution in [2.45, 2.75) is 19.6 Å². The summed E-state index contributed by atoms with van der Waals surface area (Å²) in [4.78, 5) is 38.0. The lowest BCUT2D eigenvalue weighted by molar-refractivity contribution is 0.0276. The Kier molecular flexibility index (Phi) is 11.4. The number of nitrogens with one attached hydrogen (secondary N) is 1. The van der Waals surface area contributed by atoms with Gasteiger partial charge in [0.2, 0.25) is 5.88 Å². The number of imidazole rings is 1. The Morgan fingerprint density at radius 1 is 0.977 bits per heavy atom. The first-order valence-corrected chi connectivity index (χ1v) is 20.6. The van der Waals surface area contributed by atoms with Crippen LogP contribution in [0.3, 0.4) is 0 Å². The average molecular weight is 650 g/mol. The minimum Gasteiger partial charge on any atom is -0.478 e. The van der Waals surface area contributed by atoms with E-state index in [1.54, 1.807) is 30.5 Å². The third kappa shape index (κ3) is 9.98. The Bertz CT molecular complexity index is 1430. The fraction of sp³-hybridized carbons (Fsp3) is 0.567. The molecule has 0 aromatic carbocycles. The number of hydrogen-bond donors (Lipinski definition) is 1. The number of hydrogen-bond acceptors (Lipinski definition) is 8. The largest absolute Gasteiger partial charge is 0.478 e. The molecule has 0 radical (unpaired) electrons. The Morgan fingerprint density at radius 3 is 2.39 bits per heavy atom. The van der Waals surface area contributed by atoms with Gasteiger partial charge < -0.3 is 29.0 Å². The summed E-state index contributed by atoms with van der Waals surface area (Å²) in [5.74, 6) is 2.15. The Balaban J connectivity index is 1.62. The minimum absolute atomic E-state index is 0.132. The molecule has 1 aliphatic heterocycles. The number of rotatable bonds is 10. The Hall–Kier alpha value is -3.07. The molecular weight excluding hydrogens is 603 g/mol. The fourth-order valence-electron chi connectivity index (χ4n) is 4.32. The number of carbonyl (C=O) groups excluding carboxylic acids is 2. The van der Waals surface area contributed by atoms with Gasteiger partial charge in [-0.25, -0.2) is 30.0 Å². The van der Waals surface area contributed by atoms with Gasteiger partial charge in [-0.1, -0.05) is 0 Å². The lowest BCUT2D eigenvalue weighted by Crippen LogP contribution is -2.35. The Labute approximate surface area is 263 Å². The van der Waals surface area contributed by atoms with Gasteiger partial charge in [0.05, 0.1) is 25.5 Å². The van der Waals surface area contributed by atoms with Crippen molar-refractivity contribution in [3.63, 3.8) is 0 Å². The van der Waals surface area contributed by atoms with E-state index in [4.69, 9.17) is 14.2 Å². The average Bonchev–Trinajstić information content (AvgIpc) is 3.53. The van der Waals surface area contributed by atoms with Gasteiger partial charge >= 0.3 is 0 Å². The van der Waals surface area contributed by atoms with Crippen molar-refractivity contribution in [1.29, 1.82) is 0 Å². The molecule has 4 rings (SSSR count). The molecule has 0 fully saturated rings. The highest BCUT2D eigenvalue weighted by Crippen LogP contribution is 2.34. The second-order valence-corrected chi connectivity index (χ2v) is 21.8. The Morgan fingerprint density at radius 2 is 1.68 bits per heavy atom. The van der Waals surface area contributed by atoms with Gasteiger partial charge in [0.1, 0.15) is 25.0 Å². The highest BCUT2D eigenvalue weighted by molar-refractivity contribution is 8.32. The summed E-state index contributed by atoms with van der Waals surface area (Å²) in [6.07, 6.45) is 19.8. The molecule has 44 heavy (non-hydrogen) atoms. The molecule has 0 saturated heterocycles. The van der Waals surface area contributed by atoms with Gasteiger partial charge in [0, 0.05) is 55.3 Å². The third-order valence-electron chi connectivity index (χ3n) is 6.80. The van der Waals surface area contributed by atoms with E-state index in [1.807, 2.05) is 16.7 Å². The van der Waals surface area contributed by atoms with Crippen molar-refractivity contribution in [2.75, 3.05) is 87.5 Å². The molecule has 0 atom stereocenters. The van der Waals surface area contributed by atoms with Crippen molar-refractivity contribution in [3.8, 4) is 17.3 Å². The van der Waals surface area contributed by atoms with Crippen LogP contribution in [0.2, 0.25) is 0 Å². The van der Waals surface area contributed by atoms with Crippen LogP contribution in [0.1, 0.15) is 33.8 Å². The van der Waals surface area contributed by atoms with Gasteiger partial charge in [-0.15, -0.1) is 0 Å². The standard InChI is InChI=1S/C30H47N7O5S2/c1-35-19-24-27(34-35)30(39)36(21-40-14-16-43(2,3)4)12-8-9-13-42-26-18-23(10-11-31-26)28-32-25(29(38)33-24)20-37(28)22-41-15-17-44(5,6)7/h10-11,18-20H,8-9,12-17,21-22H2,1-7H3,(H,33,38). The summed E-state index contributed by atoms with van der Waals surface area (Å²) < 4.78 is 21.2. The molecular formula is C30H47N7O5S2. The number of aryl methyl sites for hydroxylation is 1. The third-order valence-corrected chi connectivity index (χ3v) is 9.58. The molecule has 3 aromatic rings. The summed E-state index contributed by atoms with van der Waals surface area (Å²) in [6.45, 7) is 2.40. The molecule has 0 unspecified atom stereocenters. The first-order chi connectivity index (χ1) is 20.8. The van der Waals surface area contributed by atoms with E-state index in [0.717, 1.165) is 17.1 Å². The number of nitrogens with zero attached hydrogens (tertiary/aromatic N) is 6. The number of anilines is 1. The monoisotopic (exact) mass is 649 g/mol. The van der Waals surface area contributed by atoms with Crippen LogP contribution in [0.4, 0.5) is 5.69 Å². The van der Waals surface area contributed by atoms with Crippen LogP contribution in [-0.2, 0) is 23.3 Å². The maximum atomic E-state index is 13.8. The highest BCUT2D eigenvalue weighted by Gasteiger charge is 2.25. The van der Waals surface area contributed by atoms with Crippen molar-refractivity contribution < 1.29 is 23.8 Å². The van der Waals surface area contributed by atoms with E-state index in [9.17, 15) is 9.59 Å². The van der Waals surface area contributed by atoms with Gasteiger partial charge in [0.15, 0.2) is 5.69 Å². The topological polar surface area (TPSA) is 126 Å². The van der Waals surface area contributed by atoms with Crippen LogP contribution in [0.25, 0.3) is 11.4 Å². The van der Waals surface area contributed by atoms with Crippen LogP contribution in [0.5, 0.6) is 5.88 Å². The normalized spacial score (nSPS) is 15.8. The first-order valence-electron chi connectivity index (χ1n) is 14.6. The van der Waals surface area contributed by atoms with Gasteiger partial charge in [0.25, 0.3) is 11.8 Å². The minimum atomic E-state index is -0.725. The van der Waals surface area contributed by atoms with E-state index in [2.05, 4.69) is 57.9 Å². The molecule has 4 heterocycles. The molecule has 244 valence electrons. The maximum Gasteiger partial charge on any atom is 0.278 e. The predicted molar refractivity (Wildman–Crippen MR) is 180 cm³/mol. The lowest BCUT2D eigenvalue weighted by Gasteiger charge is -2.26. The molecule has 0 saturated carbocycles. The molecule has 0 spiro atoms. The van der Waals surface area contributed by atoms with Crippen LogP contribution in [0.15, 0.2) is 30.7 Å². The molecule has 14 heteroatoms. The van der Waals surface area contributed by atoms with Gasteiger partial charge in [-0.3, -0.25) is 14.3 Å². The van der Waals surface area contributed by atoms with E-state index in [-0.39, 0.29) is 30.8 Å². The number of amides is 2. The molecule has 0 aliphatic carbocycles. The van der Waals surface area contributed by atoms with Crippen LogP contribution in [-0.4, -0.2) is 123 Å². The summed E-state index contributed by atoms with van der Waals surface area (Å²) >= 11 is 0. The summed E-state index contributed by atoms with van der Waals surface area (Å²) in [5.41, 5.74) is 1.39. The molecule has 3 aromatic heterocycles. The van der Waals surface area contributed by atoms with Crippen molar-refractivity contribution >= 4 is 37.6 Å². The number of pyridine rings is 1. The van der Waals surface area contributed by atoms with Crippen molar-refractivity contribution in [3.05, 3.63) is 42.1 Å². The number of fused-ring (bicyclic) bond motifs is 6.